The molecule has 1 rings (SSSR count). The van der Waals surface area contributed by atoms with Crippen molar-refractivity contribution in [1.82, 2.24) is 0 Å². The normalized spacial score (nSPS) is 14.1. The monoisotopic (exact) mass is 260 g/mol. The van der Waals surface area contributed by atoms with Gasteiger partial charge in [0.05, 0.1) is 6.61 Å². The van der Waals surface area contributed by atoms with Gasteiger partial charge in [-0.25, -0.2) is 9.59 Å². The number of esters is 1. The lowest BCUT2D eigenvalue weighted by Gasteiger charge is -2.11. The summed E-state index contributed by atoms with van der Waals surface area (Å²) in [7, 11) is 0. The van der Waals surface area contributed by atoms with Gasteiger partial charge in [0.2, 0.25) is 0 Å². The number of carboxylic acid groups (broad SMARTS) is 1. The fraction of sp³-hybridized carbons (Fsp3) is 0.400. The van der Waals surface area contributed by atoms with Crippen LogP contribution in [0.4, 0.5) is 0 Å². The van der Waals surface area contributed by atoms with Crippen LogP contribution in [0.3, 0.4) is 0 Å². The molecule has 0 bridgehead atoms. The zero-order valence-corrected chi connectivity index (χ0v) is 9.81. The summed E-state index contributed by atoms with van der Waals surface area (Å²) in [6.45, 7) is 1.89. The molecule has 0 aliphatic rings. The molecular formula is C10H12O6S. The van der Waals surface area contributed by atoms with Gasteiger partial charge in [-0.1, -0.05) is 0 Å². The van der Waals surface area contributed by atoms with Crippen LogP contribution in [0.25, 0.3) is 0 Å². The molecule has 2 atom stereocenters. The highest BCUT2D eigenvalue weighted by molar-refractivity contribution is 7.14. The van der Waals surface area contributed by atoms with Crippen LogP contribution in [0.1, 0.15) is 27.6 Å². The third kappa shape index (κ3) is 3.26. The summed E-state index contributed by atoms with van der Waals surface area (Å²) in [6.07, 6.45) is -3.47. The van der Waals surface area contributed by atoms with E-state index in [-0.39, 0.29) is 16.4 Å². The Balaban J connectivity index is 2.80. The Morgan fingerprint density at radius 2 is 2.06 bits per heavy atom. The van der Waals surface area contributed by atoms with E-state index in [1.165, 1.54) is 12.1 Å². The van der Waals surface area contributed by atoms with Gasteiger partial charge in [-0.2, -0.15) is 0 Å². The summed E-state index contributed by atoms with van der Waals surface area (Å²) < 4.78 is 4.74. The summed E-state index contributed by atoms with van der Waals surface area (Å²) in [5.41, 5.74) is 0. The Labute approximate surface area is 101 Å². The number of ether oxygens (including phenoxy) is 1. The van der Waals surface area contributed by atoms with E-state index in [0.717, 1.165) is 11.3 Å². The molecule has 17 heavy (non-hydrogen) atoms. The number of carbonyl (C=O) groups excluding carboxylic acids is 1. The number of hydrogen-bond acceptors (Lipinski definition) is 6. The first-order valence-electron chi connectivity index (χ1n) is 4.83. The van der Waals surface area contributed by atoms with Gasteiger partial charge < -0.3 is 20.1 Å². The fourth-order valence-electron chi connectivity index (χ4n) is 1.11. The maximum absolute atomic E-state index is 11.3. The number of hydrogen-bond donors (Lipinski definition) is 3. The lowest BCUT2D eigenvalue weighted by atomic mass is 10.2. The van der Waals surface area contributed by atoms with Gasteiger partial charge >= 0.3 is 11.9 Å². The van der Waals surface area contributed by atoms with Crippen molar-refractivity contribution in [2.24, 2.45) is 0 Å². The smallest absolute Gasteiger partial charge is 0.348 e. The number of aliphatic hydroxyl groups excluding tert-OH is 2. The Kier molecular flexibility index (Phi) is 4.62. The molecule has 6 nitrogen and oxygen atoms in total. The molecule has 0 saturated heterocycles. The summed E-state index contributed by atoms with van der Waals surface area (Å²) in [5, 5.41) is 27.2. The molecule has 0 aromatic carbocycles. The first-order chi connectivity index (χ1) is 7.97. The van der Waals surface area contributed by atoms with E-state index in [9.17, 15) is 14.7 Å². The summed E-state index contributed by atoms with van der Waals surface area (Å²) >= 11 is 0.887. The van der Waals surface area contributed by atoms with Crippen LogP contribution in [-0.2, 0) is 9.53 Å². The molecule has 1 aromatic heterocycles. The van der Waals surface area contributed by atoms with Crippen LogP contribution in [0.2, 0.25) is 0 Å². The average Bonchev–Trinajstić information content (AvgIpc) is 2.76. The molecule has 0 aliphatic heterocycles. The number of aliphatic carboxylic acids is 1. The standard InChI is InChI=1S/C10H12O6S/c1-2-16-10(15)6-4-3-5(17-6)7(11)8(12)9(13)14/h3-4,7-8,11-12H,2H2,1H3,(H,13,14). The highest BCUT2D eigenvalue weighted by Crippen LogP contribution is 2.26. The van der Waals surface area contributed by atoms with Gasteiger partial charge in [0.1, 0.15) is 11.0 Å². The minimum Gasteiger partial charge on any atom is -0.479 e. The van der Waals surface area contributed by atoms with E-state index in [1.807, 2.05) is 0 Å². The summed E-state index contributed by atoms with van der Waals surface area (Å²) in [6, 6.07) is 2.80. The van der Waals surface area contributed by atoms with E-state index in [4.69, 9.17) is 14.9 Å². The van der Waals surface area contributed by atoms with Crippen molar-refractivity contribution in [2.45, 2.75) is 19.1 Å². The maximum Gasteiger partial charge on any atom is 0.348 e. The minimum absolute atomic E-state index is 0.197. The molecule has 3 N–H and O–H groups in total. The Morgan fingerprint density at radius 3 is 2.59 bits per heavy atom. The minimum atomic E-state index is -1.91. The van der Waals surface area contributed by atoms with Crippen molar-refractivity contribution in [3.8, 4) is 0 Å². The second-order valence-corrected chi connectivity index (χ2v) is 4.27. The largest absolute Gasteiger partial charge is 0.479 e. The maximum atomic E-state index is 11.3. The topological polar surface area (TPSA) is 104 Å². The van der Waals surface area contributed by atoms with Crippen molar-refractivity contribution < 1.29 is 29.6 Å². The molecule has 0 spiro atoms. The summed E-state index contributed by atoms with van der Waals surface area (Å²) in [5.74, 6) is -2.07. The van der Waals surface area contributed by atoms with Crippen LogP contribution in [-0.4, -0.2) is 40.0 Å². The molecule has 2 unspecified atom stereocenters. The Morgan fingerprint density at radius 1 is 1.41 bits per heavy atom. The molecule has 1 aromatic rings. The average molecular weight is 260 g/mol. The highest BCUT2D eigenvalue weighted by Gasteiger charge is 2.27. The Bertz CT molecular complexity index is 413. The van der Waals surface area contributed by atoms with E-state index in [0.29, 0.717) is 0 Å². The van der Waals surface area contributed by atoms with Crippen molar-refractivity contribution in [3.63, 3.8) is 0 Å². The molecule has 7 heteroatoms. The Hall–Kier alpha value is -1.44. The second kappa shape index (κ2) is 5.76. The zero-order chi connectivity index (χ0) is 13.0. The number of carboxylic acids is 1. The molecule has 0 amide bonds. The number of thiophene rings is 1. The van der Waals surface area contributed by atoms with Crippen molar-refractivity contribution in [2.75, 3.05) is 6.61 Å². The van der Waals surface area contributed by atoms with Gasteiger partial charge in [-0.3, -0.25) is 0 Å². The molecule has 0 fully saturated rings. The number of aliphatic hydroxyl groups is 2. The molecule has 0 radical (unpaired) electrons. The van der Waals surface area contributed by atoms with Crippen molar-refractivity contribution in [3.05, 3.63) is 21.9 Å². The predicted octanol–water partition coefficient (Wildman–Crippen LogP) is 0.404. The number of carbonyl (C=O) groups is 2. The molecule has 0 aliphatic carbocycles. The molecule has 0 saturated carbocycles. The van der Waals surface area contributed by atoms with Crippen LogP contribution in [0.15, 0.2) is 12.1 Å². The fourth-order valence-corrected chi connectivity index (χ4v) is 2.03. The van der Waals surface area contributed by atoms with Gasteiger partial charge in [0, 0.05) is 4.88 Å². The van der Waals surface area contributed by atoms with Crippen molar-refractivity contribution >= 4 is 23.3 Å². The van der Waals surface area contributed by atoms with Gasteiger partial charge in [0.15, 0.2) is 6.10 Å². The van der Waals surface area contributed by atoms with Crippen LogP contribution < -0.4 is 0 Å². The van der Waals surface area contributed by atoms with Crippen LogP contribution >= 0.6 is 11.3 Å². The lowest BCUT2D eigenvalue weighted by molar-refractivity contribution is -0.152. The predicted molar refractivity (Wildman–Crippen MR) is 58.9 cm³/mol. The van der Waals surface area contributed by atoms with Gasteiger partial charge in [-0.15, -0.1) is 11.3 Å². The third-order valence-corrected chi connectivity index (χ3v) is 3.08. The molecule has 1 heterocycles. The van der Waals surface area contributed by atoms with E-state index < -0.39 is 24.1 Å². The zero-order valence-electron chi connectivity index (χ0n) is 8.99. The summed E-state index contributed by atoms with van der Waals surface area (Å²) in [4.78, 5) is 22.2. The van der Waals surface area contributed by atoms with Crippen molar-refractivity contribution in [1.29, 1.82) is 0 Å². The van der Waals surface area contributed by atoms with E-state index >= 15 is 0 Å². The third-order valence-electron chi connectivity index (χ3n) is 1.95. The highest BCUT2D eigenvalue weighted by atomic mass is 32.1. The SMILES string of the molecule is CCOC(=O)c1ccc(C(O)C(O)C(=O)O)s1. The quantitative estimate of drug-likeness (QED) is 0.662. The second-order valence-electron chi connectivity index (χ2n) is 3.15. The van der Waals surface area contributed by atoms with E-state index in [1.54, 1.807) is 6.92 Å². The van der Waals surface area contributed by atoms with Crippen LogP contribution in [0, 0.1) is 0 Å². The van der Waals surface area contributed by atoms with Gasteiger partial charge in [0.25, 0.3) is 0 Å². The van der Waals surface area contributed by atoms with Gasteiger partial charge in [-0.05, 0) is 19.1 Å². The van der Waals surface area contributed by atoms with E-state index in [2.05, 4.69) is 0 Å². The molecule has 94 valence electrons. The number of rotatable bonds is 5. The molecular weight excluding hydrogens is 248 g/mol. The first kappa shape index (κ1) is 13.6. The lowest BCUT2D eigenvalue weighted by Crippen LogP contribution is -2.26. The van der Waals surface area contributed by atoms with Crippen LogP contribution in [0.5, 0.6) is 0 Å². The first-order valence-corrected chi connectivity index (χ1v) is 5.64.